The highest BCUT2D eigenvalue weighted by Gasteiger charge is 2.33. The molecule has 142 valence electrons. The molecule has 1 aromatic rings. The molecule has 2 atom stereocenters. The number of carbonyl (C=O) groups is 1. The number of amides is 1. The van der Waals surface area contributed by atoms with E-state index in [4.69, 9.17) is 0 Å². The standard InChI is InChI=1S/C19H27N3O3S/c1-13(2)11-16(19(23)22-10-6-7-14(3)12-22)20-18-15-8-4-5-9-17(15)26(24,25)21-18/h4-5,8-9,13-14,16H,6-7,10-12H2,1-3H3,(H,20,21). The van der Waals surface area contributed by atoms with Crippen molar-refractivity contribution in [2.45, 2.75) is 51.0 Å². The molecule has 0 aliphatic carbocycles. The maximum absolute atomic E-state index is 13.1. The normalized spacial score (nSPS) is 24.4. The highest BCUT2D eigenvalue weighted by Crippen LogP contribution is 2.24. The molecule has 1 N–H and O–H groups in total. The lowest BCUT2D eigenvalue weighted by Gasteiger charge is -2.33. The van der Waals surface area contributed by atoms with Gasteiger partial charge in [-0.3, -0.25) is 14.5 Å². The molecule has 1 saturated heterocycles. The Kier molecular flexibility index (Phi) is 5.37. The number of benzene rings is 1. The molecule has 0 saturated carbocycles. The molecule has 0 bridgehead atoms. The summed E-state index contributed by atoms with van der Waals surface area (Å²) in [5.41, 5.74) is 0.543. The van der Waals surface area contributed by atoms with Gasteiger partial charge in [-0.15, -0.1) is 0 Å². The van der Waals surface area contributed by atoms with E-state index in [0.29, 0.717) is 17.9 Å². The zero-order valence-electron chi connectivity index (χ0n) is 15.6. The van der Waals surface area contributed by atoms with Crippen LogP contribution in [0.4, 0.5) is 0 Å². The summed E-state index contributed by atoms with van der Waals surface area (Å²) in [6, 6.07) is 6.19. The summed E-state index contributed by atoms with van der Waals surface area (Å²) < 4.78 is 27.1. The van der Waals surface area contributed by atoms with Gasteiger partial charge in [0.2, 0.25) is 5.91 Å². The lowest BCUT2D eigenvalue weighted by molar-refractivity contribution is -0.134. The molecule has 3 rings (SSSR count). The van der Waals surface area contributed by atoms with E-state index >= 15 is 0 Å². The van der Waals surface area contributed by atoms with Crippen molar-refractivity contribution in [1.29, 1.82) is 0 Å². The van der Waals surface area contributed by atoms with Crippen molar-refractivity contribution in [3.05, 3.63) is 29.8 Å². The first kappa shape index (κ1) is 18.9. The number of nitrogens with zero attached hydrogens (tertiary/aromatic N) is 2. The van der Waals surface area contributed by atoms with Crippen molar-refractivity contribution in [1.82, 2.24) is 9.62 Å². The number of fused-ring (bicyclic) bond motifs is 1. The zero-order valence-corrected chi connectivity index (χ0v) is 16.4. The molecule has 2 aliphatic heterocycles. The Balaban J connectivity index is 1.92. The number of piperidine rings is 1. The molecule has 6 nitrogen and oxygen atoms in total. The van der Waals surface area contributed by atoms with Crippen LogP contribution in [0.2, 0.25) is 0 Å². The molecule has 1 aromatic carbocycles. The van der Waals surface area contributed by atoms with E-state index in [1.807, 2.05) is 18.7 Å². The first-order chi connectivity index (χ1) is 12.3. The molecule has 2 aliphatic rings. The predicted molar refractivity (Wildman–Crippen MR) is 102 cm³/mol. The third-order valence-electron chi connectivity index (χ3n) is 4.90. The van der Waals surface area contributed by atoms with Gasteiger partial charge in [0.1, 0.15) is 11.9 Å². The Morgan fingerprint density at radius 2 is 2.08 bits per heavy atom. The largest absolute Gasteiger partial charge is 0.341 e. The molecule has 0 spiro atoms. The number of amidine groups is 1. The molecular weight excluding hydrogens is 350 g/mol. The summed E-state index contributed by atoms with van der Waals surface area (Å²) in [6.07, 6.45) is 2.74. The highest BCUT2D eigenvalue weighted by molar-refractivity contribution is 7.90. The van der Waals surface area contributed by atoms with Crippen molar-refractivity contribution >= 4 is 21.8 Å². The number of aliphatic imine (C=N–C) groups is 1. The van der Waals surface area contributed by atoms with Gasteiger partial charge in [0.15, 0.2) is 0 Å². The van der Waals surface area contributed by atoms with E-state index in [-0.39, 0.29) is 22.6 Å². The van der Waals surface area contributed by atoms with Crippen LogP contribution in [-0.4, -0.2) is 44.2 Å². The third kappa shape index (κ3) is 3.92. The first-order valence-corrected chi connectivity index (χ1v) is 10.7. The fourth-order valence-electron chi connectivity index (χ4n) is 3.64. The van der Waals surface area contributed by atoms with Gasteiger partial charge in [-0.2, -0.15) is 0 Å². The molecule has 2 unspecified atom stereocenters. The average molecular weight is 378 g/mol. The second kappa shape index (κ2) is 7.39. The zero-order chi connectivity index (χ0) is 18.9. The number of nitrogens with one attached hydrogen (secondary N) is 1. The van der Waals surface area contributed by atoms with Gasteiger partial charge in [-0.05, 0) is 43.2 Å². The Morgan fingerprint density at radius 1 is 1.35 bits per heavy atom. The van der Waals surface area contributed by atoms with Crippen LogP contribution in [0.3, 0.4) is 0 Å². The third-order valence-corrected chi connectivity index (χ3v) is 6.29. The number of carbonyl (C=O) groups excluding carboxylic acids is 1. The second-order valence-electron chi connectivity index (χ2n) is 7.76. The molecule has 0 radical (unpaired) electrons. The van der Waals surface area contributed by atoms with Gasteiger partial charge < -0.3 is 4.90 Å². The number of hydrogen-bond acceptors (Lipinski definition) is 4. The molecule has 1 amide bonds. The average Bonchev–Trinajstić information content (AvgIpc) is 2.84. The summed E-state index contributed by atoms with van der Waals surface area (Å²) in [7, 11) is -3.59. The van der Waals surface area contributed by atoms with Crippen molar-refractivity contribution in [3.63, 3.8) is 0 Å². The molecule has 7 heteroatoms. The van der Waals surface area contributed by atoms with E-state index in [1.54, 1.807) is 24.3 Å². The predicted octanol–water partition coefficient (Wildman–Crippen LogP) is 2.40. The van der Waals surface area contributed by atoms with Crippen LogP contribution >= 0.6 is 0 Å². The molecule has 2 heterocycles. The lowest BCUT2D eigenvalue weighted by Crippen LogP contribution is -2.45. The van der Waals surface area contributed by atoms with Gasteiger partial charge in [0.05, 0.1) is 4.90 Å². The summed E-state index contributed by atoms with van der Waals surface area (Å²) in [6.45, 7) is 7.76. The van der Waals surface area contributed by atoms with E-state index in [9.17, 15) is 13.2 Å². The second-order valence-corrected chi connectivity index (χ2v) is 9.41. The van der Waals surface area contributed by atoms with Crippen LogP contribution in [-0.2, 0) is 14.8 Å². The summed E-state index contributed by atoms with van der Waals surface area (Å²) in [5, 5.41) is 0. The molecular formula is C19H27N3O3S. The van der Waals surface area contributed by atoms with Crippen LogP contribution in [0, 0.1) is 11.8 Å². The first-order valence-electron chi connectivity index (χ1n) is 9.26. The monoisotopic (exact) mass is 377 g/mol. The van der Waals surface area contributed by atoms with E-state index < -0.39 is 16.1 Å². The van der Waals surface area contributed by atoms with E-state index in [0.717, 1.165) is 25.9 Å². The summed E-state index contributed by atoms with van der Waals surface area (Å²) >= 11 is 0. The van der Waals surface area contributed by atoms with Crippen molar-refractivity contribution < 1.29 is 13.2 Å². The maximum atomic E-state index is 13.1. The number of likely N-dealkylation sites (tertiary alicyclic amines) is 1. The minimum Gasteiger partial charge on any atom is -0.341 e. The van der Waals surface area contributed by atoms with Crippen molar-refractivity contribution in [2.75, 3.05) is 13.1 Å². The number of rotatable bonds is 4. The van der Waals surface area contributed by atoms with Crippen LogP contribution in [0.5, 0.6) is 0 Å². The van der Waals surface area contributed by atoms with Crippen LogP contribution in [0.25, 0.3) is 0 Å². The van der Waals surface area contributed by atoms with Crippen molar-refractivity contribution in [3.8, 4) is 0 Å². The minimum absolute atomic E-state index is 0.00123. The SMILES string of the molecule is CC(C)CC(N=C1NS(=O)(=O)c2ccccc21)C(=O)N1CCCC(C)C1. The topological polar surface area (TPSA) is 78.8 Å². The van der Waals surface area contributed by atoms with E-state index in [1.165, 1.54) is 0 Å². The Hall–Kier alpha value is -1.89. The maximum Gasteiger partial charge on any atom is 0.263 e. The van der Waals surface area contributed by atoms with Gasteiger partial charge in [-0.25, -0.2) is 8.42 Å². The molecule has 0 aromatic heterocycles. The van der Waals surface area contributed by atoms with Crippen LogP contribution in [0.15, 0.2) is 34.2 Å². The fourth-order valence-corrected chi connectivity index (χ4v) is 4.88. The van der Waals surface area contributed by atoms with Gasteiger partial charge >= 0.3 is 0 Å². The summed E-state index contributed by atoms with van der Waals surface area (Å²) in [4.78, 5) is 19.8. The van der Waals surface area contributed by atoms with Gasteiger partial charge in [0, 0.05) is 18.7 Å². The highest BCUT2D eigenvalue weighted by atomic mass is 32.2. The Morgan fingerprint density at radius 3 is 2.77 bits per heavy atom. The van der Waals surface area contributed by atoms with Gasteiger partial charge in [-0.1, -0.05) is 32.9 Å². The smallest absolute Gasteiger partial charge is 0.263 e. The van der Waals surface area contributed by atoms with Crippen LogP contribution < -0.4 is 4.72 Å². The number of sulfonamides is 1. The van der Waals surface area contributed by atoms with Gasteiger partial charge in [0.25, 0.3) is 10.0 Å². The Bertz CT molecular complexity index is 817. The van der Waals surface area contributed by atoms with Crippen LogP contribution in [0.1, 0.15) is 45.6 Å². The molecule has 1 fully saturated rings. The van der Waals surface area contributed by atoms with Crippen molar-refractivity contribution in [2.24, 2.45) is 16.8 Å². The Labute approximate surface area is 155 Å². The lowest BCUT2D eigenvalue weighted by atomic mass is 9.97. The molecule has 26 heavy (non-hydrogen) atoms. The number of hydrogen-bond donors (Lipinski definition) is 1. The summed E-state index contributed by atoms with van der Waals surface area (Å²) in [5.74, 6) is 1.06. The minimum atomic E-state index is -3.59. The fraction of sp³-hybridized carbons (Fsp3) is 0.579. The van der Waals surface area contributed by atoms with E-state index in [2.05, 4.69) is 16.6 Å². The quantitative estimate of drug-likeness (QED) is 0.875.